The third-order valence-electron chi connectivity index (χ3n) is 1.90. The fourth-order valence-electron chi connectivity index (χ4n) is 1.21. The van der Waals surface area contributed by atoms with Crippen LogP contribution < -0.4 is 5.73 Å². The third-order valence-corrected chi connectivity index (χ3v) is 1.90. The first-order chi connectivity index (χ1) is 7.48. The van der Waals surface area contributed by atoms with Gasteiger partial charge in [-0.05, 0) is 12.1 Å². The molecule has 2 heterocycles. The van der Waals surface area contributed by atoms with Gasteiger partial charge in [-0.1, -0.05) is 6.07 Å². The average Bonchev–Trinajstić information content (AvgIpc) is 2.61. The summed E-state index contributed by atoms with van der Waals surface area (Å²) in [7, 11) is 0. The molecule has 0 aliphatic carbocycles. The zero-order valence-electron chi connectivity index (χ0n) is 7.94. The SMILES string of the molecule is Nc1cn(-c2ccccn2)nc1C(F)(F)F. The molecule has 0 unspecified atom stereocenters. The molecule has 4 nitrogen and oxygen atoms in total. The van der Waals surface area contributed by atoms with Crippen molar-refractivity contribution in [1.82, 2.24) is 14.8 Å². The minimum atomic E-state index is -4.55. The molecule has 0 saturated carbocycles. The number of nitrogen functional groups attached to an aromatic ring is 1. The topological polar surface area (TPSA) is 56.7 Å². The molecule has 84 valence electrons. The summed E-state index contributed by atoms with van der Waals surface area (Å²) in [6.07, 6.45) is -2.00. The lowest BCUT2D eigenvalue weighted by atomic mass is 10.4. The number of rotatable bonds is 1. The molecule has 0 radical (unpaired) electrons. The van der Waals surface area contributed by atoms with Gasteiger partial charge in [-0.2, -0.15) is 18.3 Å². The van der Waals surface area contributed by atoms with E-state index in [2.05, 4.69) is 10.1 Å². The first-order valence-corrected chi connectivity index (χ1v) is 4.32. The van der Waals surface area contributed by atoms with Crippen molar-refractivity contribution >= 4 is 5.69 Å². The molecule has 0 bridgehead atoms. The van der Waals surface area contributed by atoms with Crippen molar-refractivity contribution in [3.8, 4) is 5.82 Å². The highest BCUT2D eigenvalue weighted by Gasteiger charge is 2.36. The van der Waals surface area contributed by atoms with Gasteiger partial charge in [-0.3, -0.25) is 0 Å². The second-order valence-electron chi connectivity index (χ2n) is 3.06. The third kappa shape index (κ3) is 1.83. The van der Waals surface area contributed by atoms with Crippen molar-refractivity contribution in [2.24, 2.45) is 0 Å². The predicted octanol–water partition coefficient (Wildman–Crippen LogP) is 1.87. The molecule has 7 heteroatoms. The molecule has 0 aromatic carbocycles. The summed E-state index contributed by atoms with van der Waals surface area (Å²) in [5, 5.41) is 3.36. The van der Waals surface area contributed by atoms with Crippen molar-refractivity contribution < 1.29 is 13.2 Å². The second kappa shape index (κ2) is 3.51. The van der Waals surface area contributed by atoms with Crippen LogP contribution in [0.1, 0.15) is 5.69 Å². The summed E-state index contributed by atoms with van der Waals surface area (Å²) in [6, 6.07) is 4.83. The minimum absolute atomic E-state index is 0.282. The monoisotopic (exact) mass is 228 g/mol. The lowest BCUT2D eigenvalue weighted by molar-refractivity contribution is -0.140. The molecule has 2 N–H and O–H groups in total. The van der Waals surface area contributed by atoms with E-state index >= 15 is 0 Å². The molecule has 2 aromatic heterocycles. The highest BCUT2D eigenvalue weighted by molar-refractivity contribution is 5.44. The molecule has 0 amide bonds. The fraction of sp³-hybridized carbons (Fsp3) is 0.111. The van der Waals surface area contributed by atoms with Crippen molar-refractivity contribution in [3.05, 3.63) is 36.3 Å². The molecule has 0 fully saturated rings. The van der Waals surface area contributed by atoms with Crippen LogP contribution in [0.15, 0.2) is 30.6 Å². The first-order valence-electron chi connectivity index (χ1n) is 4.32. The lowest BCUT2D eigenvalue weighted by Crippen LogP contribution is -2.09. The van der Waals surface area contributed by atoms with Crippen LogP contribution in [-0.2, 0) is 6.18 Å². The van der Waals surface area contributed by atoms with Gasteiger partial charge in [0.2, 0.25) is 0 Å². The summed E-state index contributed by atoms with van der Waals surface area (Å²) in [5.41, 5.74) is 3.72. The van der Waals surface area contributed by atoms with Crippen molar-refractivity contribution in [3.63, 3.8) is 0 Å². The zero-order chi connectivity index (χ0) is 11.8. The number of aromatic nitrogens is 3. The molecule has 16 heavy (non-hydrogen) atoms. The van der Waals surface area contributed by atoms with Crippen molar-refractivity contribution in [2.45, 2.75) is 6.18 Å². The van der Waals surface area contributed by atoms with Crippen LogP contribution in [-0.4, -0.2) is 14.8 Å². The molecular formula is C9H7F3N4. The molecule has 2 aromatic rings. The van der Waals surface area contributed by atoms with Gasteiger partial charge >= 0.3 is 6.18 Å². The number of hydrogen-bond donors (Lipinski definition) is 1. The summed E-state index contributed by atoms with van der Waals surface area (Å²) < 4.78 is 38.2. The van der Waals surface area contributed by atoms with Crippen LogP contribution in [0.4, 0.5) is 18.9 Å². The largest absolute Gasteiger partial charge is 0.437 e. The quantitative estimate of drug-likeness (QED) is 0.810. The van der Waals surface area contributed by atoms with E-state index in [9.17, 15) is 13.2 Å². The molecule has 0 atom stereocenters. The Balaban J connectivity index is 2.47. The highest BCUT2D eigenvalue weighted by Crippen LogP contribution is 2.32. The van der Waals surface area contributed by atoms with E-state index in [1.807, 2.05) is 0 Å². The Bertz CT molecular complexity index is 489. The van der Waals surface area contributed by atoms with Gasteiger partial charge in [0, 0.05) is 6.20 Å². The van der Waals surface area contributed by atoms with Gasteiger partial charge in [-0.15, -0.1) is 0 Å². The minimum Gasteiger partial charge on any atom is -0.396 e. The molecule has 0 aliphatic rings. The van der Waals surface area contributed by atoms with Gasteiger partial charge in [0.25, 0.3) is 0 Å². The second-order valence-corrected chi connectivity index (χ2v) is 3.06. The Labute approximate surface area is 88.5 Å². The van der Waals surface area contributed by atoms with E-state index < -0.39 is 17.6 Å². The zero-order valence-corrected chi connectivity index (χ0v) is 7.94. The molecule has 0 saturated heterocycles. The van der Waals surface area contributed by atoms with E-state index in [1.54, 1.807) is 12.1 Å². The summed E-state index contributed by atoms with van der Waals surface area (Å²) in [6.45, 7) is 0. The smallest absolute Gasteiger partial charge is 0.396 e. The number of hydrogen-bond acceptors (Lipinski definition) is 3. The van der Waals surface area contributed by atoms with Crippen LogP contribution in [0.5, 0.6) is 0 Å². The predicted molar refractivity (Wildman–Crippen MR) is 50.8 cm³/mol. The van der Waals surface area contributed by atoms with Crippen molar-refractivity contribution in [1.29, 1.82) is 0 Å². The van der Waals surface area contributed by atoms with Crippen LogP contribution in [0.3, 0.4) is 0 Å². The highest BCUT2D eigenvalue weighted by atomic mass is 19.4. The van der Waals surface area contributed by atoms with Crippen molar-refractivity contribution in [2.75, 3.05) is 5.73 Å². The van der Waals surface area contributed by atoms with Gasteiger partial charge in [0.15, 0.2) is 11.5 Å². The van der Waals surface area contributed by atoms with Gasteiger partial charge in [0.1, 0.15) is 0 Å². The van der Waals surface area contributed by atoms with Gasteiger partial charge in [-0.25, -0.2) is 9.67 Å². The molecule has 0 aliphatic heterocycles. The fourth-order valence-corrected chi connectivity index (χ4v) is 1.21. The number of anilines is 1. The van der Waals surface area contributed by atoms with Gasteiger partial charge < -0.3 is 5.73 Å². The summed E-state index contributed by atoms with van der Waals surface area (Å²) in [5.74, 6) is 0.282. The summed E-state index contributed by atoms with van der Waals surface area (Å²) >= 11 is 0. The Kier molecular flexibility index (Phi) is 2.30. The summed E-state index contributed by atoms with van der Waals surface area (Å²) in [4.78, 5) is 3.86. The number of halogens is 3. The van der Waals surface area contributed by atoms with E-state index in [0.29, 0.717) is 0 Å². The Morgan fingerprint density at radius 1 is 1.25 bits per heavy atom. The van der Waals surface area contributed by atoms with Gasteiger partial charge in [0.05, 0.1) is 11.9 Å². The van der Waals surface area contributed by atoms with E-state index in [0.717, 1.165) is 10.9 Å². The maximum Gasteiger partial charge on any atom is 0.437 e. The Hall–Kier alpha value is -2.05. The first kappa shape index (κ1) is 10.5. The number of nitrogens with two attached hydrogens (primary N) is 1. The van der Waals surface area contributed by atoms with Crippen LogP contribution >= 0.6 is 0 Å². The lowest BCUT2D eigenvalue weighted by Gasteiger charge is -2.02. The van der Waals surface area contributed by atoms with Crippen LogP contribution in [0.2, 0.25) is 0 Å². The normalized spacial score (nSPS) is 11.7. The van der Waals surface area contributed by atoms with E-state index in [-0.39, 0.29) is 5.82 Å². The average molecular weight is 228 g/mol. The maximum absolute atomic E-state index is 12.4. The molecular weight excluding hydrogens is 221 g/mol. The van der Waals surface area contributed by atoms with E-state index in [1.165, 1.54) is 12.3 Å². The maximum atomic E-state index is 12.4. The number of alkyl halides is 3. The number of nitrogens with zero attached hydrogens (tertiary/aromatic N) is 3. The Morgan fingerprint density at radius 2 is 2.00 bits per heavy atom. The molecule has 0 spiro atoms. The van der Waals surface area contributed by atoms with Crippen LogP contribution in [0.25, 0.3) is 5.82 Å². The number of pyridine rings is 1. The van der Waals surface area contributed by atoms with Crippen LogP contribution in [0, 0.1) is 0 Å². The Morgan fingerprint density at radius 3 is 2.50 bits per heavy atom. The molecule has 2 rings (SSSR count). The van der Waals surface area contributed by atoms with E-state index in [4.69, 9.17) is 5.73 Å². The standard InChI is InChI=1S/C9H7F3N4/c10-9(11,12)8-6(13)5-16(15-8)7-3-1-2-4-14-7/h1-5H,13H2.